The monoisotopic (exact) mass is 401 g/mol. The van der Waals surface area contributed by atoms with Crippen LogP contribution < -0.4 is 8.45 Å². The van der Waals surface area contributed by atoms with E-state index in [2.05, 4.69) is 19.8 Å². The van der Waals surface area contributed by atoms with Crippen molar-refractivity contribution in [1.29, 1.82) is 0 Å². The number of pyridine rings is 1. The Balaban J connectivity index is 2.12. The zero-order valence-electron chi connectivity index (χ0n) is 12.4. The van der Waals surface area contributed by atoms with Crippen LogP contribution in [0.15, 0.2) is 24.3 Å². The van der Waals surface area contributed by atoms with Crippen molar-refractivity contribution in [2.24, 2.45) is 0 Å². The molecule has 0 saturated carbocycles. The summed E-state index contributed by atoms with van der Waals surface area (Å²) in [6, 6.07) is 7.43. The van der Waals surface area contributed by atoms with Gasteiger partial charge in [0, 0.05) is 0 Å². The van der Waals surface area contributed by atoms with Crippen LogP contribution in [0.2, 0.25) is 14.8 Å². The molecule has 0 aromatic carbocycles. The molecule has 0 bridgehead atoms. The molecule has 0 fully saturated rings. The molecule has 0 N–H and O–H groups in total. The fraction of sp³-hybridized carbons (Fsp3) is 0.400. The number of aryl methyl sites for hydroxylation is 2. The van der Waals surface area contributed by atoms with Crippen molar-refractivity contribution in [2.45, 2.75) is 27.7 Å². The van der Waals surface area contributed by atoms with Crippen molar-refractivity contribution >= 4 is 33.4 Å². The van der Waals surface area contributed by atoms with E-state index in [0.717, 1.165) is 15.2 Å². The van der Waals surface area contributed by atoms with Crippen molar-refractivity contribution < 1.29 is 9.13 Å². The van der Waals surface area contributed by atoms with Gasteiger partial charge in [-0.1, -0.05) is 0 Å². The number of nitrogens with zero attached hydrogens (tertiary/aromatic N) is 1. The van der Waals surface area contributed by atoms with Crippen LogP contribution in [0.1, 0.15) is 10.6 Å². The third-order valence-electron chi connectivity index (χ3n) is 3.13. The predicted octanol–water partition coefficient (Wildman–Crippen LogP) is 3.62. The normalized spacial score (nSPS) is 11.7. The second kappa shape index (κ2) is 6.43. The van der Waals surface area contributed by atoms with E-state index in [-0.39, 0.29) is 5.82 Å². The standard InChI is InChI=1S/C12H11FNOS.3CH3.Sn/c1-15-12-7-5-9(16-12)4-6-11-10(13)3-2-8-14-11;;;;/h2-3,5,7H,4,6H2,1H3;3*1H3;. The van der Waals surface area contributed by atoms with Crippen LogP contribution in [-0.2, 0) is 12.8 Å². The maximum absolute atomic E-state index is 13.9. The van der Waals surface area contributed by atoms with E-state index in [1.54, 1.807) is 24.5 Å². The van der Waals surface area contributed by atoms with Crippen molar-refractivity contribution in [1.82, 2.24) is 4.98 Å². The van der Waals surface area contributed by atoms with Gasteiger partial charge in [0.1, 0.15) is 0 Å². The van der Waals surface area contributed by atoms with Crippen molar-refractivity contribution in [3.8, 4) is 5.06 Å². The van der Waals surface area contributed by atoms with E-state index in [1.807, 2.05) is 18.2 Å². The van der Waals surface area contributed by atoms with Crippen LogP contribution in [0.25, 0.3) is 0 Å². The molecule has 0 spiro atoms. The Morgan fingerprint density at radius 2 is 1.90 bits per heavy atom. The third-order valence-corrected chi connectivity index (χ3v) is 9.42. The van der Waals surface area contributed by atoms with Gasteiger partial charge in [0.15, 0.2) is 0 Å². The Morgan fingerprint density at radius 3 is 2.50 bits per heavy atom. The Bertz CT molecular complexity index is 592. The fourth-order valence-electron chi connectivity index (χ4n) is 1.92. The number of hydrogen-bond donors (Lipinski definition) is 0. The first-order valence-electron chi connectivity index (χ1n) is 6.69. The summed E-state index contributed by atoms with van der Waals surface area (Å²) >= 11 is -0.618. The van der Waals surface area contributed by atoms with Gasteiger partial charge in [0.25, 0.3) is 0 Å². The summed E-state index contributed by atoms with van der Waals surface area (Å²) in [5.41, 5.74) is 0.599. The summed E-state index contributed by atoms with van der Waals surface area (Å²) in [5, 5.41) is 0.896. The summed E-state index contributed by atoms with van der Waals surface area (Å²) < 4.78 is 20.2. The molecule has 0 aliphatic rings. The average molecular weight is 400 g/mol. The topological polar surface area (TPSA) is 22.1 Å². The molecular weight excluding hydrogens is 380 g/mol. The summed E-state index contributed by atoms with van der Waals surface area (Å²) in [4.78, 5) is 12.7. The molecule has 0 atom stereocenters. The van der Waals surface area contributed by atoms with Gasteiger partial charge in [0.05, 0.1) is 0 Å². The van der Waals surface area contributed by atoms with Gasteiger partial charge < -0.3 is 0 Å². The minimum atomic E-state index is -2.23. The van der Waals surface area contributed by atoms with E-state index >= 15 is 0 Å². The quantitative estimate of drug-likeness (QED) is 0.716. The fourth-order valence-corrected chi connectivity index (χ4v) is 5.75. The maximum atomic E-state index is 13.9. The first-order chi connectivity index (χ1) is 9.40. The summed E-state index contributed by atoms with van der Waals surface area (Å²) in [5.74, 6) is -0.187. The molecular formula is C15H20FNOSSn. The van der Waals surface area contributed by atoms with Gasteiger partial charge in [-0.2, -0.15) is 0 Å². The Labute approximate surface area is 127 Å². The zero-order chi connectivity index (χ0) is 14.8. The van der Waals surface area contributed by atoms with Gasteiger partial charge in [-0.3, -0.25) is 0 Å². The van der Waals surface area contributed by atoms with Crippen LogP contribution >= 0.6 is 11.3 Å². The third kappa shape index (κ3) is 3.94. The van der Waals surface area contributed by atoms with Crippen molar-refractivity contribution in [3.63, 3.8) is 0 Å². The van der Waals surface area contributed by atoms with Crippen LogP contribution in [0.4, 0.5) is 4.39 Å². The van der Waals surface area contributed by atoms with Crippen LogP contribution in [0.3, 0.4) is 0 Å². The van der Waals surface area contributed by atoms with Crippen molar-refractivity contribution in [2.75, 3.05) is 7.11 Å². The zero-order valence-corrected chi connectivity index (χ0v) is 16.0. The molecule has 2 heterocycles. The molecule has 2 rings (SSSR count). The molecule has 0 aliphatic carbocycles. The molecule has 0 aliphatic heterocycles. The molecule has 0 saturated heterocycles. The number of aromatic nitrogens is 1. The van der Waals surface area contributed by atoms with Gasteiger partial charge in [-0.15, -0.1) is 0 Å². The molecule has 2 nitrogen and oxygen atoms in total. The Hall–Kier alpha value is -0.621. The average Bonchev–Trinajstić information content (AvgIpc) is 2.84. The number of hydrogen-bond acceptors (Lipinski definition) is 3. The van der Waals surface area contributed by atoms with Gasteiger partial charge in [0.2, 0.25) is 0 Å². The first kappa shape index (κ1) is 15.8. The second-order valence-electron chi connectivity index (χ2n) is 5.80. The number of halogens is 1. The second-order valence-corrected chi connectivity index (χ2v) is 21.2. The molecule has 2 aromatic rings. The van der Waals surface area contributed by atoms with Gasteiger partial charge >= 0.3 is 128 Å². The van der Waals surface area contributed by atoms with E-state index in [4.69, 9.17) is 4.74 Å². The first-order valence-corrected chi connectivity index (χ1v) is 17.5. The number of thiophene rings is 1. The number of rotatable bonds is 5. The molecule has 0 radical (unpaired) electrons. The Kier molecular flexibility index (Phi) is 5.07. The van der Waals surface area contributed by atoms with E-state index < -0.39 is 18.4 Å². The van der Waals surface area contributed by atoms with E-state index in [0.29, 0.717) is 12.1 Å². The molecule has 2 aromatic heterocycles. The number of methoxy groups -OCH3 is 1. The summed E-state index contributed by atoms with van der Waals surface area (Å²) in [7, 11) is 1.66. The van der Waals surface area contributed by atoms with E-state index in [1.165, 1.54) is 4.88 Å². The van der Waals surface area contributed by atoms with Gasteiger partial charge in [-0.05, 0) is 0 Å². The molecule has 5 heteroatoms. The van der Waals surface area contributed by atoms with Gasteiger partial charge in [-0.25, -0.2) is 0 Å². The van der Waals surface area contributed by atoms with Crippen LogP contribution in [0.5, 0.6) is 5.06 Å². The van der Waals surface area contributed by atoms with Crippen LogP contribution in [-0.4, -0.2) is 30.5 Å². The summed E-state index contributed by atoms with van der Waals surface area (Å²) in [6.07, 6.45) is 1.45. The molecule has 20 heavy (non-hydrogen) atoms. The van der Waals surface area contributed by atoms with Crippen LogP contribution in [0, 0.1) is 5.82 Å². The molecule has 108 valence electrons. The summed E-state index contributed by atoms with van der Waals surface area (Å²) in [6.45, 7) is 0. The molecule has 0 amide bonds. The number of ether oxygens (including phenoxy) is 1. The Morgan fingerprint density at radius 1 is 1.15 bits per heavy atom. The molecule has 0 unspecified atom stereocenters. The SMILES string of the molecule is COc1ccc(CCc2n[c]([Sn]([CH3])([CH3])[CH3])ccc2F)s1. The predicted molar refractivity (Wildman–Crippen MR) is 85.5 cm³/mol. The minimum absolute atomic E-state index is 0.187. The van der Waals surface area contributed by atoms with Crippen molar-refractivity contribution in [3.05, 3.63) is 40.7 Å². The van der Waals surface area contributed by atoms with E-state index in [9.17, 15) is 4.39 Å².